The monoisotopic (exact) mass is 449 g/mol. The van der Waals surface area contributed by atoms with E-state index in [-0.39, 0.29) is 18.9 Å². The number of amides is 2. The molecule has 4 rings (SSSR count). The van der Waals surface area contributed by atoms with E-state index < -0.39 is 18.1 Å². The number of rotatable bonds is 4. The van der Waals surface area contributed by atoms with Crippen molar-refractivity contribution in [2.24, 2.45) is 0 Å². The maximum Gasteiger partial charge on any atom is 0.266 e. The molecule has 0 saturated carbocycles. The Bertz CT molecular complexity index is 1040. The molecule has 172 valence electrons. The van der Waals surface area contributed by atoms with Crippen LogP contribution in [-0.4, -0.2) is 76.9 Å². The molecule has 2 aromatic rings. The molecule has 0 bridgehead atoms. The normalized spacial score (nSPS) is 20.7. The van der Waals surface area contributed by atoms with Gasteiger partial charge in [0.05, 0.1) is 19.3 Å². The van der Waals surface area contributed by atoms with Crippen molar-refractivity contribution in [1.82, 2.24) is 15.3 Å². The van der Waals surface area contributed by atoms with Crippen LogP contribution in [0.4, 0.5) is 0 Å². The van der Waals surface area contributed by atoms with Gasteiger partial charge in [0.15, 0.2) is 0 Å². The fourth-order valence-corrected chi connectivity index (χ4v) is 4.08. The third-order valence-electron chi connectivity index (χ3n) is 5.90. The second kappa shape index (κ2) is 10.6. The molecule has 3 N–H and O–H groups in total. The highest BCUT2D eigenvalue weighted by molar-refractivity contribution is 5.98. The van der Waals surface area contributed by atoms with E-state index in [1.807, 2.05) is 12.1 Å². The van der Waals surface area contributed by atoms with Crippen LogP contribution in [0.5, 0.6) is 0 Å². The molecule has 2 aliphatic rings. The van der Waals surface area contributed by atoms with Crippen LogP contribution < -0.4 is 5.48 Å². The Labute approximate surface area is 192 Å². The zero-order valence-electron chi connectivity index (χ0n) is 18.2. The summed E-state index contributed by atoms with van der Waals surface area (Å²) in [6.45, 7) is 4.42. The second-order valence-electron chi connectivity index (χ2n) is 8.25. The van der Waals surface area contributed by atoms with Crippen LogP contribution in [0, 0.1) is 11.8 Å². The fourth-order valence-electron chi connectivity index (χ4n) is 4.08. The number of carbonyl (C=O) groups excluding carboxylic acids is 2. The molecule has 2 saturated heterocycles. The lowest BCUT2D eigenvalue weighted by Crippen LogP contribution is -2.45. The molecule has 0 spiro atoms. The molecular formula is C25H27N3O5. The molecule has 2 fully saturated rings. The van der Waals surface area contributed by atoms with Gasteiger partial charge in [0.25, 0.3) is 11.8 Å². The first-order chi connectivity index (χ1) is 16.0. The first kappa shape index (κ1) is 23.0. The lowest BCUT2D eigenvalue weighted by molar-refractivity contribution is -0.133. The van der Waals surface area contributed by atoms with Gasteiger partial charge in [-0.2, -0.15) is 0 Å². The number of nitrogens with zero attached hydrogens (tertiary/aromatic N) is 2. The van der Waals surface area contributed by atoms with Crippen LogP contribution in [-0.2, 0) is 16.1 Å². The largest absolute Gasteiger partial charge is 0.391 e. The Morgan fingerprint density at radius 1 is 1.00 bits per heavy atom. The minimum atomic E-state index is -0.900. The molecule has 2 aromatic carbocycles. The van der Waals surface area contributed by atoms with Crippen LogP contribution in [0.15, 0.2) is 48.5 Å². The van der Waals surface area contributed by atoms with Gasteiger partial charge >= 0.3 is 0 Å². The molecule has 2 heterocycles. The number of hydrogen-bond acceptors (Lipinski definition) is 6. The van der Waals surface area contributed by atoms with Crippen LogP contribution in [0.2, 0.25) is 0 Å². The average Bonchev–Trinajstić information content (AvgIpc) is 3.25. The van der Waals surface area contributed by atoms with E-state index >= 15 is 0 Å². The minimum absolute atomic E-state index is 0.0417. The molecule has 0 unspecified atom stereocenters. The van der Waals surface area contributed by atoms with Gasteiger partial charge in [0, 0.05) is 49.3 Å². The maximum atomic E-state index is 12.8. The summed E-state index contributed by atoms with van der Waals surface area (Å²) in [5.74, 6) is 5.15. The Balaban J connectivity index is 1.38. The molecule has 0 aromatic heterocycles. The molecule has 2 aliphatic heterocycles. The Morgan fingerprint density at radius 3 is 2.21 bits per heavy atom. The standard InChI is InChI=1S/C25H27N3O5/c29-22-15-23(24(30)26-32)28(17-22)25(31)21-9-7-19(8-10-21)2-1-18-3-5-20(6-4-18)16-27-11-13-33-14-12-27/h3-10,22-23,29,32H,11-17H2,(H,26,30)/t22-,23+/m1/s1. The van der Waals surface area contributed by atoms with Crippen molar-refractivity contribution in [3.8, 4) is 11.8 Å². The zero-order chi connectivity index (χ0) is 23.2. The van der Waals surface area contributed by atoms with Gasteiger partial charge < -0.3 is 14.7 Å². The highest BCUT2D eigenvalue weighted by Crippen LogP contribution is 2.21. The number of nitrogens with one attached hydrogen (secondary N) is 1. The van der Waals surface area contributed by atoms with E-state index in [0.717, 1.165) is 44.0 Å². The Kier molecular flexibility index (Phi) is 7.37. The van der Waals surface area contributed by atoms with Crippen molar-refractivity contribution in [2.45, 2.75) is 25.1 Å². The van der Waals surface area contributed by atoms with Crippen LogP contribution in [0.25, 0.3) is 0 Å². The number of likely N-dealkylation sites (tertiary alicyclic amines) is 1. The van der Waals surface area contributed by atoms with Crippen LogP contribution >= 0.6 is 0 Å². The van der Waals surface area contributed by atoms with Crippen molar-refractivity contribution in [2.75, 3.05) is 32.8 Å². The zero-order valence-corrected chi connectivity index (χ0v) is 18.2. The molecule has 8 heteroatoms. The smallest absolute Gasteiger partial charge is 0.266 e. The van der Waals surface area contributed by atoms with E-state index in [0.29, 0.717) is 5.56 Å². The fraction of sp³-hybridized carbons (Fsp3) is 0.360. The average molecular weight is 450 g/mol. The molecule has 2 amide bonds. The van der Waals surface area contributed by atoms with Crippen molar-refractivity contribution in [3.05, 3.63) is 70.8 Å². The summed E-state index contributed by atoms with van der Waals surface area (Å²) in [5, 5.41) is 18.7. The van der Waals surface area contributed by atoms with E-state index in [1.54, 1.807) is 29.7 Å². The predicted octanol–water partition coefficient (Wildman–Crippen LogP) is 0.999. The quantitative estimate of drug-likeness (QED) is 0.366. The molecule has 33 heavy (non-hydrogen) atoms. The van der Waals surface area contributed by atoms with Crippen LogP contribution in [0.1, 0.15) is 33.5 Å². The predicted molar refractivity (Wildman–Crippen MR) is 120 cm³/mol. The lowest BCUT2D eigenvalue weighted by Gasteiger charge is -2.26. The number of benzene rings is 2. The van der Waals surface area contributed by atoms with Gasteiger partial charge in [0.1, 0.15) is 6.04 Å². The van der Waals surface area contributed by atoms with E-state index in [2.05, 4.69) is 28.9 Å². The minimum Gasteiger partial charge on any atom is -0.391 e. The summed E-state index contributed by atoms with van der Waals surface area (Å²) >= 11 is 0. The molecular weight excluding hydrogens is 422 g/mol. The van der Waals surface area contributed by atoms with Crippen molar-refractivity contribution >= 4 is 11.8 Å². The summed E-state index contributed by atoms with van der Waals surface area (Å²) in [5.41, 5.74) is 4.85. The van der Waals surface area contributed by atoms with Gasteiger partial charge in [-0.25, -0.2) is 5.48 Å². The third kappa shape index (κ3) is 5.78. The van der Waals surface area contributed by atoms with Crippen molar-refractivity contribution < 1.29 is 24.6 Å². The molecule has 0 aliphatic carbocycles. The summed E-state index contributed by atoms with van der Waals surface area (Å²) in [4.78, 5) is 28.2. The van der Waals surface area contributed by atoms with Gasteiger partial charge in [0.2, 0.25) is 0 Å². The first-order valence-corrected chi connectivity index (χ1v) is 11.0. The number of β-amino-alcohol motifs (C(OH)–C–C–N with tert-alkyl or cyclic N) is 1. The van der Waals surface area contributed by atoms with Gasteiger partial charge in [-0.1, -0.05) is 24.0 Å². The summed E-state index contributed by atoms with van der Waals surface area (Å²) in [7, 11) is 0. The molecule has 2 atom stereocenters. The number of morpholine rings is 1. The number of aliphatic hydroxyl groups excluding tert-OH is 1. The van der Waals surface area contributed by atoms with Gasteiger partial charge in [-0.3, -0.25) is 19.7 Å². The third-order valence-corrected chi connectivity index (χ3v) is 5.90. The molecule has 0 radical (unpaired) electrons. The SMILES string of the molecule is O=C(NO)[C@@H]1C[C@@H](O)CN1C(=O)c1ccc(C#Cc2ccc(CN3CCOCC3)cc2)cc1. The maximum absolute atomic E-state index is 12.8. The summed E-state index contributed by atoms with van der Waals surface area (Å²) in [6.07, 6.45) is -0.714. The van der Waals surface area contributed by atoms with Crippen LogP contribution in [0.3, 0.4) is 0 Å². The topological polar surface area (TPSA) is 102 Å². The Hall–Kier alpha value is -3.22. The first-order valence-electron chi connectivity index (χ1n) is 11.0. The van der Waals surface area contributed by atoms with E-state index in [9.17, 15) is 14.7 Å². The number of aliphatic hydroxyl groups is 1. The summed E-state index contributed by atoms with van der Waals surface area (Å²) in [6, 6.07) is 14.1. The molecule has 8 nitrogen and oxygen atoms in total. The van der Waals surface area contributed by atoms with Crippen molar-refractivity contribution in [1.29, 1.82) is 0 Å². The summed E-state index contributed by atoms with van der Waals surface area (Å²) < 4.78 is 5.38. The van der Waals surface area contributed by atoms with Gasteiger partial charge in [-0.15, -0.1) is 0 Å². The van der Waals surface area contributed by atoms with Gasteiger partial charge in [-0.05, 0) is 42.0 Å². The number of ether oxygens (including phenoxy) is 1. The number of hydrogen-bond donors (Lipinski definition) is 3. The van der Waals surface area contributed by atoms with Crippen molar-refractivity contribution in [3.63, 3.8) is 0 Å². The lowest BCUT2D eigenvalue weighted by atomic mass is 10.1. The van der Waals surface area contributed by atoms with E-state index in [1.165, 1.54) is 10.5 Å². The second-order valence-corrected chi connectivity index (χ2v) is 8.25. The Morgan fingerprint density at radius 2 is 1.61 bits per heavy atom. The highest BCUT2D eigenvalue weighted by Gasteiger charge is 2.39. The van der Waals surface area contributed by atoms with E-state index in [4.69, 9.17) is 9.94 Å². The number of carbonyl (C=O) groups is 2. The number of hydroxylamine groups is 1. The highest BCUT2D eigenvalue weighted by atomic mass is 16.5.